The van der Waals surface area contributed by atoms with Gasteiger partial charge in [-0.15, -0.1) is 11.3 Å². The number of hydrogen-bond acceptors (Lipinski definition) is 6. The van der Waals surface area contributed by atoms with Crippen LogP contribution in [-0.2, 0) is 17.9 Å². The first kappa shape index (κ1) is 19.6. The van der Waals surface area contributed by atoms with Gasteiger partial charge in [-0.1, -0.05) is 6.07 Å². The Hall–Kier alpha value is -3.17. The SMILES string of the molecule is COc1cc([N+](=O)[O-])ccc1NC(=O)C[NH+](Cc1ccco1)Cc1cccs1. The highest BCUT2D eigenvalue weighted by atomic mass is 32.1. The van der Waals surface area contributed by atoms with Gasteiger partial charge in [-0.2, -0.15) is 0 Å². The first-order valence-electron chi connectivity index (χ1n) is 8.55. The second-order valence-electron chi connectivity index (χ2n) is 6.13. The number of carbonyl (C=O) groups excluding carboxylic acids is 1. The molecule has 3 aromatic rings. The lowest BCUT2D eigenvalue weighted by Gasteiger charge is -2.18. The van der Waals surface area contributed by atoms with Crippen LogP contribution in [-0.4, -0.2) is 24.5 Å². The molecule has 2 heterocycles. The molecule has 1 amide bonds. The second-order valence-corrected chi connectivity index (χ2v) is 7.16. The van der Waals surface area contributed by atoms with Gasteiger partial charge in [-0.3, -0.25) is 14.9 Å². The van der Waals surface area contributed by atoms with Crippen LogP contribution in [0.25, 0.3) is 0 Å². The van der Waals surface area contributed by atoms with Crippen LogP contribution >= 0.6 is 11.3 Å². The van der Waals surface area contributed by atoms with E-state index in [1.54, 1.807) is 17.6 Å². The number of benzene rings is 1. The quantitative estimate of drug-likeness (QED) is 0.423. The summed E-state index contributed by atoms with van der Waals surface area (Å²) in [6.45, 7) is 1.46. The lowest BCUT2D eigenvalue weighted by Crippen LogP contribution is -3.10. The van der Waals surface area contributed by atoms with Crippen molar-refractivity contribution in [3.63, 3.8) is 0 Å². The molecule has 0 radical (unpaired) electrons. The van der Waals surface area contributed by atoms with E-state index in [0.29, 0.717) is 18.8 Å². The summed E-state index contributed by atoms with van der Waals surface area (Å²) in [6.07, 6.45) is 1.61. The standard InChI is InChI=1S/C19H19N3O5S/c1-26-18-10-14(22(24)25)6-7-17(18)20-19(23)13-21(11-15-4-2-8-27-15)12-16-5-3-9-28-16/h2-10H,11-13H2,1H3,(H,20,23)/p+1. The molecule has 0 bridgehead atoms. The number of methoxy groups -OCH3 is 1. The fourth-order valence-electron chi connectivity index (χ4n) is 2.82. The van der Waals surface area contributed by atoms with Crippen LogP contribution < -0.4 is 15.0 Å². The number of nitrogens with zero attached hydrogens (tertiary/aromatic N) is 1. The van der Waals surface area contributed by atoms with E-state index in [1.165, 1.54) is 30.2 Å². The number of anilines is 1. The first-order chi connectivity index (χ1) is 13.5. The summed E-state index contributed by atoms with van der Waals surface area (Å²) in [5.41, 5.74) is 0.296. The van der Waals surface area contributed by atoms with Gasteiger partial charge in [0.1, 0.15) is 18.8 Å². The lowest BCUT2D eigenvalue weighted by atomic mass is 10.2. The molecule has 3 rings (SSSR count). The van der Waals surface area contributed by atoms with Gasteiger partial charge in [-0.05, 0) is 29.6 Å². The molecule has 0 aliphatic rings. The third kappa shape index (κ3) is 5.18. The Morgan fingerprint density at radius 3 is 2.79 bits per heavy atom. The van der Waals surface area contributed by atoms with E-state index in [9.17, 15) is 14.9 Å². The zero-order valence-electron chi connectivity index (χ0n) is 15.2. The van der Waals surface area contributed by atoms with Gasteiger partial charge in [0.2, 0.25) is 0 Å². The Morgan fingerprint density at radius 2 is 2.14 bits per heavy atom. The summed E-state index contributed by atoms with van der Waals surface area (Å²) in [5.74, 6) is 0.825. The van der Waals surface area contributed by atoms with Crippen molar-refractivity contribution in [1.82, 2.24) is 0 Å². The van der Waals surface area contributed by atoms with Gasteiger partial charge in [0.25, 0.3) is 11.6 Å². The van der Waals surface area contributed by atoms with Crippen molar-refractivity contribution in [2.24, 2.45) is 0 Å². The summed E-state index contributed by atoms with van der Waals surface area (Å²) >= 11 is 1.64. The van der Waals surface area contributed by atoms with Crippen LogP contribution in [0.5, 0.6) is 5.75 Å². The number of quaternary nitrogens is 1. The normalized spacial score (nSPS) is 11.8. The molecule has 0 saturated heterocycles. The van der Waals surface area contributed by atoms with Crippen LogP contribution in [0.4, 0.5) is 11.4 Å². The topological polar surface area (TPSA) is 99.0 Å². The van der Waals surface area contributed by atoms with E-state index in [1.807, 2.05) is 29.6 Å². The molecule has 2 N–H and O–H groups in total. The number of amides is 1. The monoisotopic (exact) mass is 402 g/mol. The molecule has 1 atom stereocenters. The number of furan rings is 1. The molecule has 9 heteroatoms. The Labute approximate surface area is 165 Å². The minimum absolute atomic E-state index is 0.0994. The largest absolute Gasteiger partial charge is 0.494 e. The minimum atomic E-state index is -0.510. The summed E-state index contributed by atoms with van der Waals surface area (Å²) < 4.78 is 10.6. The van der Waals surface area contributed by atoms with Crippen LogP contribution in [0.3, 0.4) is 0 Å². The molecule has 0 aliphatic carbocycles. The second kappa shape index (κ2) is 9.16. The summed E-state index contributed by atoms with van der Waals surface area (Å²) in [4.78, 5) is 25.2. The van der Waals surface area contributed by atoms with Crippen LogP contribution in [0, 0.1) is 10.1 Å². The molecule has 8 nitrogen and oxygen atoms in total. The molecule has 0 fully saturated rings. The maximum atomic E-state index is 12.6. The van der Waals surface area contributed by atoms with Crippen molar-refractivity contribution in [2.45, 2.75) is 13.1 Å². The van der Waals surface area contributed by atoms with E-state index in [2.05, 4.69) is 5.32 Å². The van der Waals surface area contributed by atoms with Crippen molar-refractivity contribution in [2.75, 3.05) is 19.0 Å². The molecule has 146 valence electrons. The smallest absolute Gasteiger partial charge is 0.279 e. The van der Waals surface area contributed by atoms with Crippen molar-refractivity contribution in [3.8, 4) is 5.75 Å². The molecular weight excluding hydrogens is 382 g/mol. The molecule has 28 heavy (non-hydrogen) atoms. The number of ether oxygens (including phenoxy) is 1. The highest BCUT2D eigenvalue weighted by Gasteiger charge is 2.19. The van der Waals surface area contributed by atoms with Crippen LogP contribution in [0.1, 0.15) is 10.6 Å². The zero-order valence-corrected chi connectivity index (χ0v) is 16.0. The number of nitrogens with one attached hydrogen (secondary N) is 2. The van der Waals surface area contributed by atoms with Crippen LogP contribution in [0.2, 0.25) is 0 Å². The number of nitro groups is 1. The maximum Gasteiger partial charge on any atom is 0.279 e. The third-order valence-electron chi connectivity index (χ3n) is 4.09. The molecule has 1 aromatic carbocycles. The van der Waals surface area contributed by atoms with E-state index in [4.69, 9.17) is 9.15 Å². The summed E-state index contributed by atoms with van der Waals surface area (Å²) in [6, 6.07) is 11.8. The molecule has 1 unspecified atom stereocenters. The molecule has 0 aliphatic heterocycles. The first-order valence-corrected chi connectivity index (χ1v) is 9.43. The fourth-order valence-corrected chi connectivity index (χ4v) is 3.60. The Morgan fingerprint density at radius 1 is 1.29 bits per heavy atom. The Kier molecular flexibility index (Phi) is 6.41. The molecular formula is C19H20N3O5S+. The third-order valence-corrected chi connectivity index (χ3v) is 4.97. The Bertz CT molecular complexity index is 889. The van der Waals surface area contributed by atoms with Crippen molar-refractivity contribution in [1.29, 1.82) is 0 Å². The van der Waals surface area contributed by atoms with Gasteiger partial charge in [0.15, 0.2) is 12.3 Å². The summed E-state index contributed by atoms with van der Waals surface area (Å²) in [7, 11) is 1.40. The van der Waals surface area contributed by atoms with Gasteiger partial charge in [0.05, 0.1) is 34.9 Å². The number of nitro benzene ring substituents is 1. The molecule has 0 saturated carbocycles. The van der Waals surface area contributed by atoms with Gasteiger partial charge < -0.3 is 19.4 Å². The van der Waals surface area contributed by atoms with Crippen LogP contribution in [0.15, 0.2) is 58.5 Å². The number of rotatable bonds is 9. The number of carbonyl (C=O) groups is 1. The lowest BCUT2D eigenvalue weighted by molar-refractivity contribution is -0.920. The minimum Gasteiger partial charge on any atom is -0.494 e. The van der Waals surface area contributed by atoms with Crippen molar-refractivity contribution >= 4 is 28.6 Å². The zero-order chi connectivity index (χ0) is 19.9. The number of hydrogen-bond donors (Lipinski definition) is 2. The highest BCUT2D eigenvalue weighted by Crippen LogP contribution is 2.28. The fraction of sp³-hybridized carbons (Fsp3) is 0.211. The Balaban J connectivity index is 1.70. The summed E-state index contributed by atoms with van der Waals surface area (Å²) in [5, 5.41) is 15.7. The van der Waals surface area contributed by atoms with E-state index in [0.717, 1.165) is 10.7 Å². The predicted molar refractivity (Wildman–Crippen MR) is 105 cm³/mol. The van der Waals surface area contributed by atoms with Gasteiger partial charge in [0, 0.05) is 6.07 Å². The van der Waals surface area contributed by atoms with Gasteiger partial charge in [-0.25, -0.2) is 0 Å². The average molecular weight is 402 g/mol. The predicted octanol–water partition coefficient (Wildman–Crippen LogP) is 2.48. The van der Waals surface area contributed by atoms with E-state index < -0.39 is 4.92 Å². The number of non-ortho nitro benzene ring substituents is 1. The molecule has 2 aromatic heterocycles. The maximum absolute atomic E-state index is 12.6. The van der Waals surface area contributed by atoms with E-state index in [-0.39, 0.29) is 23.9 Å². The van der Waals surface area contributed by atoms with Crippen molar-refractivity contribution < 1.29 is 23.8 Å². The van der Waals surface area contributed by atoms with Crippen molar-refractivity contribution in [3.05, 3.63) is 74.9 Å². The number of thiophene rings is 1. The van der Waals surface area contributed by atoms with Gasteiger partial charge >= 0.3 is 0 Å². The molecule has 0 spiro atoms. The average Bonchev–Trinajstić information content (AvgIpc) is 3.36. The highest BCUT2D eigenvalue weighted by molar-refractivity contribution is 7.09. The van der Waals surface area contributed by atoms with E-state index >= 15 is 0 Å².